The summed E-state index contributed by atoms with van der Waals surface area (Å²) in [4.78, 5) is 25.1. The number of fused-ring (bicyclic) bond motifs is 1. The fraction of sp³-hybridized carbons (Fsp3) is 0.333. The minimum Gasteiger partial charge on any atom is -0.485 e. The number of rotatable bonds is 3. The van der Waals surface area contributed by atoms with Gasteiger partial charge in [-0.3, -0.25) is 9.59 Å². The van der Waals surface area contributed by atoms with Crippen molar-refractivity contribution in [1.82, 2.24) is 5.32 Å². The van der Waals surface area contributed by atoms with Gasteiger partial charge in [-0.2, -0.15) is 0 Å². The standard InChI is InChI=1S/C21H24N2O4/c1-13-14(19(24)23-21(2,3)4)8-7-9-15(13)22-20(25)18-12-26-16-10-5-6-11-17(16)27-18/h5-11,18H,12H2,1-4H3,(H,22,25)(H,23,24). The van der Waals surface area contributed by atoms with Gasteiger partial charge in [0, 0.05) is 16.8 Å². The van der Waals surface area contributed by atoms with Crippen LogP contribution in [0.4, 0.5) is 5.69 Å². The normalized spacial score (nSPS) is 15.8. The molecule has 1 aliphatic rings. The van der Waals surface area contributed by atoms with Crippen molar-refractivity contribution >= 4 is 17.5 Å². The van der Waals surface area contributed by atoms with Gasteiger partial charge < -0.3 is 20.1 Å². The van der Waals surface area contributed by atoms with Crippen molar-refractivity contribution in [2.75, 3.05) is 11.9 Å². The number of ether oxygens (including phenoxy) is 2. The average molecular weight is 368 g/mol. The molecular formula is C21H24N2O4. The molecule has 27 heavy (non-hydrogen) atoms. The van der Waals surface area contributed by atoms with Crippen LogP contribution in [0.1, 0.15) is 36.7 Å². The molecule has 0 saturated heterocycles. The molecule has 2 N–H and O–H groups in total. The second kappa shape index (κ2) is 7.31. The number of amides is 2. The Bertz CT molecular complexity index is 871. The summed E-state index contributed by atoms with van der Waals surface area (Å²) in [7, 11) is 0. The van der Waals surface area contributed by atoms with E-state index in [1.54, 1.807) is 37.3 Å². The SMILES string of the molecule is Cc1c(NC(=O)C2COc3ccccc3O2)cccc1C(=O)NC(C)(C)C. The van der Waals surface area contributed by atoms with Crippen LogP contribution in [-0.2, 0) is 4.79 Å². The number of carbonyl (C=O) groups excluding carboxylic acids is 2. The molecule has 1 heterocycles. The molecule has 0 aliphatic carbocycles. The molecule has 3 rings (SSSR count). The maximum Gasteiger partial charge on any atom is 0.269 e. The maximum absolute atomic E-state index is 12.6. The van der Waals surface area contributed by atoms with E-state index in [9.17, 15) is 9.59 Å². The van der Waals surface area contributed by atoms with Crippen molar-refractivity contribution in [3.8, 4) is 11.5 Å². The third kappa shape index (κ3) is 4.39. The molecule has 0 fully saturated rings. The molecule has 2 amide bonds. The van der Waals surface area contributed by atoms with E-state index in [4.69, 9.17) is 9.47 Å². The number of nitrogens with one attached hydrogen (secondary N) is 2. The minimum atomic E-state index is -0.758. The minimum absolute atomic E-state index is 0.131. The van der Waals surface area contributed by atoms with Gasteiger partial charge in [0.05, 0.1) is 0 Å². The van der Waals surface area contributed by atoms with Gasteiger partial charge in [0.1, 0.15) is 6.61 Å². The van der Waals surface area contributed by atoms with Crippen LogP contribution >= 0.6 is 0 Å². The van der Waals surface area contributed by atoms with E-state index in [2.05, 4.69) is 10.6 Å². The number of anilines is 1. The third-order valence-electron chi connectivity index (χ3n) is 4.13. The van der Waals surface area contributed by atoms with E-state index in [0.29, 0.717) is 28.3 Å². The molecule has 0 aromatic heterocycles. The molecule has 0 bridgehead atoms. The molecule has 1 atom stereocenters. The molecule has 2 aromatic rings. The second-order valence-corrected chi connectivity index (χ2v) is 7.54. The summed E-state index contributed by atoms with van der Waals surface area (Å²) in [6.07, 6.45) is -0.758. The summed E-state index contributed by atoms with van der Waals surface area (Å²) in [5, 5.41) is 5.78. The molecule has 6 heteroatoms. The van der Waals surface area contributed by atoms with Crippen molar-refractivity contribution in [3.63, 3.8) is 0 Å². The molecule has 0 radical (unpaired) electrons. The first-order chi connectivity index (χ1) is 12.7. The van der Waals surface area contributed by atoms with Gasteiger partial charge >= 0.3 is 0 Å². The molecule has 1 unspecified atom stereocenters. The highest BCUT2D eigenvalue weighted by Crippen LogP contribution is 2.31. The number of hydrogen-bond acceptors (Lipinski definition) is 4. The summed E-state index contributed by atoms with van der Waals surface area (Å²) < 4.78 is 11.3. The number of hydrogen-bond donors (Lipinski definition) is 2. The van der Waals surface area contributed by atoms with Crippen LogP contribution in [-0.4, -0.2) is 30.1 Å². The summed E-state index contributed by atoms with van der Waals surface area (Å²) in [5.74, 6) is 0.667. The van der Waals surface area contributed by atoms with Gasteiger partial charge in [0.25, 0.3) is 11.8 Å². The first-order valence-corrected chi connectivity index (χ1v) is 8.86. The summed E-state index contributed by atoms with van der Waals surface area (Å²) in [5.41, 5.74) is 1.45. The predicted molar refractivity (Wildman–Crippen MR) is 103 cm³/mol. The van der Waals surface area contributed by atoms with Crippen LogP contribution in [0.2, 0.25) is 0 Å². The van der Waals surface area contributed by atoms with E-state index < -0.39 is 6.10 Å². The number of carbonyl (C=O) groups is 2. The van der Waals surface area contributed by atoms with Gasteiger partial charge in [0.15, 0.2) is 11.5 Å². The van der Waals surface area contributed by atoms with E-state index in [0.717, 1.165) is 0 Å². The Balaban J connectivity index is 1.73. The van der Waals surface area contributed by atoms with Gasteiger partial charge in [-0.25, -0.2) is 0 Å². The quantitative estimate of drug-likeness (QED) is 0.871. The zero-order chi connectivity index (χ0) is 19.6. The Morgan fingerprint density at radius 1 is 1.04 bits per heavy atom. The Kier molecular flexibility index (Phi) is 5.08. The van der Waals surface area contributed by atoms with Crippen LogP contribution in [0.25, 0.3) is 0 Å². The highest BCUT2D eigenvalue weighted by Gasteiger charge is 2.28. The predicted octanol–water partition coefficient (Wildman–Crippen LogP) is 3.30. The fourth-order valence-electron chi connectivity index (χ4n) is 2.79. The largest absolute Gasteiger partial charge is 0.485 e. The fourth-order valence-corrected chi connectivity index (χ4v) is 2.79. The van der Waals surface area contributed by atoms with Gasteiger partial charge in [-0.05, 0) is 57.5 Å². The molecule has 0 saturated carbocycles. The number of para-hydroxylation sites is 2. The van der Waals surface area contributed by atoms with Crippen molar-refractivity contribution in [2.45, 2.75) is 39.3 Å². The van der Waals surface area contributed by atoms with E-state index in [1.165, 1.54) is 0 Å². The highest BCUT2D eigenvalue weighted by molar-refractivity contribution is 6.00. The Morgan fingerprint density at radius 2 is 1.74 bits per heavy atom. The van der Waals surface area contributed by atoms with Crippen molar-refractivity contribution < 1.29 is 19.1 Å². The van der Waals surface area contributed by atoms with E-state index in [-0.39, 0.29) is 24.0 Å². The van der Waals surface area contributed by atoms with Crippen molar-refractivity contribution in [3.05, 3.63) is 53.6 Å². The smallest absolute Gasteiger partial charge is 0.269 e. The summed E-state index contributed by atoms with van der Waals surface area (Å²) in [6, 6.07) is 12.5. The average Bonchev–Trinajstić information content (AvgIpc) is 2.61. The van der Waals surface area contributed by atoms with Crippen LogP contribution < -0.4 is 20.1 Å². The van der Waals surface area contributed by atoms with Crippen molar-refractivity contribution in [1.29, 1.82) is 0 Å². The Morgan fingerprint density at radius 3 is 2.44 bits per heavy atom. The zero-order valence-electron chi connectivity index (χ0n) is 16.0. The first kappa shape index (κ1) is 18.8. The molecule has 142 valence electrons. The lowest BCUT2D eigenvalue weighted by atomic mass is 10.0. The van der Waals surface area contributed by atoms with Crippen LogP contribution in [0, 0.1) is 6.92 Å². The lowest BCUT2D eigenvalue weighted by Gasteiger charge is -2.26. The second-order valence-electron chi connectivity index (χ2n) is 7.54. The molecular weight excluding hydrogens is 344 g/mol. The van der Waals surface area contributed by atoms with Crippen molar-refractivity contribution in [2.24, 2.45) is 0 Å². The lowest BCUT2D eigenvalue weighted by molar-refractivity contribution is -0.125. The lowest BCUT2D eigenvalue weighted by Crippen LogP contribution is -2.41. The molecule has 2 aromatic carbocycles. The Hall–Kier alpha value is -3.02. The van der Waals surface area contributed by atoms with Crippen LogP contribution in [0.15, 0.2) is 42.5 Å². The zero-order valence-corrected chi connectivity index (χ0v) is 16.0. The van der Waals surface area contributed by atoms with E-state index in [1.807, 2.05) is 32.9 Å². The van der Waals surface area contributed by atoms with Gasteiger partial charge in [-0.1, -0.05) is 18.2 Å². The van der Waals surface area contributed by atoms with Gasteiger partial charge in [-0.15, -0.1) is 0 Å². The maximum atomic E-state index is 12.6. The number of benzene rings is 2. The summed E-state index contributed by atoms with van der Waals surface area (Å²) >= 11 is 0. The molecule has 6 nitrogen and oxygen atoms in total. The van der Waals surface area contributed by atoms with Crippen LogP contribution in [0.5, 0.6) is 11.5 Å². The highest BCUT2D eigenvalue weighted by atomic mass is 16.6. The monoisotopic (exact) mass is 368 g/mol. The first-order valence-electron chi connectivity index (χ1n) is 8.86. The Labute approximate surface area is 158 Å². The van der Waals surface area contributed by atoms with E-state index >= 15 is 0 Å². The molecule has 0 spiro atoms. The van der Waals surface area contributed by atoms with Gasteiger partial charge in [0.2, 0.25) is 6.10 Å². The van der Waals surface area contributed by atoms with Crippen LogP contribution in [0.3, 0.4) is 0 Å². The topological polar surface area (TPSA) is 76.7 Å². The summed E-state index contributed by atoms with van der Waals surface area (Å²) in [6.45, 7) is 7.70. The molecule has 1 aliphatic heterocycles. The third-order valence-corrected chi connectivity index (χ3v) is 4.13.